The quantitative estimate of drug-likeness (QED) is 0.884. The highest BCUT2D eigenvalue weighted by Crippen LogP contribution is 2.19. The zero-order chi connectivity index (χ0) is 14.4. The van der Waals surface area contributed by atoms with Crippen molar-refractivity contribution < 1.29 is 4.79 Å². The monoisotopic (exact) mass is 325 g/mol. The predicted octanol–water partition coefficient (Wildman–Crippen LogP) is 3.47. The molecule has 0 aliphatic heterocycles. The van der Waals surface area contributed by atoms with Crippen molar-refractivity contribution in [3.8, 4) is 0 Å². The molecule has 2 N–H and O–H groups in total. The van der Waals surface area contributed by atoms with Crippen LogP contribution in [0.2, 0.25) is 0 Å². The van der Waals surface area contributed by atoms with Gasteiger partial charge in [-0.1, -0.05) is 31.5 Å². The summed E-state index contributed by atoms with van der Waals surface area (Å²) in [4.78, 5) is 18.7. The molecule has 0 unspecified atom stereocenters. The molecule has 114 valence electrons. The molecule has 1 aromatic heterocycles. The Balaban J connectivity index is 0.00000220. The minimum absolute atomic E-state index is 0. The lowest BCUT2D eigenvalue weighted by Gasteiger charge is -2.21. The summed E-state index contributed by atoms with van der Waals surface area (Å²) in [7, 11) is 0. The first-order valence-corrected chi connectivity index (χ1v) is 7.65. The molecule has 2 aromatic rings. The van der Waals surface area contributed by atoms with Gasteiger partial charge >= 0.3 is 0 Å². The molecule has 0 spiro atoms. The van der Waals surface area contributed by atoms with Gasteiger partial charge in [0, 0.05) is 24.2 Å². The smallest absolute Gasteiger partial charge is 0.277 e. The van der Waals surface area contributed by atoms with E-state index in [4.69, 9.17) is 5.73 Å². The number of benzene rings is 1. The van der Waals surface area contributed by atoms with Gasteiger partial charge in [0.15, 0.2) is 0 Å². The van der Waals surface area contributed by atoms with Gasteiger partial charge in [0.2, 0.25) is 0 Å². The number of unbranched alkanes of at least 4 members (excludes halogenated alkanes) is 1. The number of amides is 1. The van der Waals surface area contributed by atoms with Crippen LogP contribution >= 0.6 is 23.7 Å². The number of nitrogens with two attached hydrogens (primary N) is 1. The van der Waals surface area contributed by atoms with Crippen LogP contribution in [0.1, 0.15) is 35.3 Å². The average molecular weight is 326 g/mol. The molecule has 0 atom stereocenters. The van der Waals surface area contributed by atoms with Crippen LogP contribution < -0.4 is 10.6 Å². The second-order valence-corrected chi connectivity index (χ2v) is 5.42. The number of carbonyl (C=O) groups is 1. The van der Waals surface area contributed by atoms with Gasteiger partial charge in [0.25, 0.3) is 5.91 Å². The summed E-state index contributed by atoms with van der Waals surface area (Å²) in [5.41, 5.74) is 6.95. The normalized spacial score (nSPS) is 10.0. The van der Waals surface area contributed by atoms with Crippen LogP contribution in [-0.2, 0) is 6.54 Å². The molecule has 6 heteroatoms. The van der Waals surface area contributed by atoms with Crippen LogP contribution in [0.3, 0.4) is 0 Å². The largest absolute Gasteiger partial charge is 0.325 e. The highest BCUT2D eigenvalue weighted by atomic mass is 35.5. The first-order chi connectivity index (χ1) is 9.76. The summed E-state index contributed by atoms with van der Waals surface area (Å²) in [5, 5.41) is 2.57. The second kappa shape index (κ2) is 8.77. The van der Waals surface area contributed by atoms with Gasteiger partial charge in [-0.25, -0.2) is 4.98 Å². The lowest BCUT2D eigenvalue weighted by molar-refractivity contribution is 0.0982. The first kappa shape index (κ1) is 17.6. The summed E-state index contributed by atoms with van der Waals surface area (Å²) in [6.07, 6.45) is 2.01. The third-order valence-corrected chi connectivity index (χ3v) is 3.86. The first-order valence-electron chi connectivity index (χ1n) is 6.77. The fourth-order valence-electron chi connectivity index (χ4n) is 1.91. The fraction of sp³-hybridized carbons (Fsp3) is 0.333. The maximum Gasteiger partial charge on any atom is 0.277 e. The van der Waals surface area contributed by atoms with Gasteiger partial charge in [-0.15, -0.1) is 23.7 Å². The number of halogens is 1. The van der Waals surface area contributed by atoms with Gasteiger partial charge in [0.05, 0.1) is 0 Å². The van der Waals surface area contributed by atoms with E-state index >= 15 is 0 Å². The lowest BCUT2D eigenvalue weighted by atomic mass is 10.2. The van der Waals surface area contributed by atoms with Crippen molar-refractivity contribution in [3.05, 3.63) is 46.4 Å². The molecule has 0 aliphatic rings. The van der Waals surface area contributed by atoms with E-state index in [9.17, 15) is 4.79 Å². The Labute approximate surface area is 135 Å². The second-order valence-electron chi connectivity index (χ2n) is 4.48. The Morgan fingerprint density at radius 1 is 1.33 bits per heavy atom. The number of carbonyl (C=O) groups excluding carboxylic acids is 1. The van der Waals surface area contributed by atoms with Crippen LogP contribution in [0.15, 0.2) is 35.7 Å². The molecule has 4 nitrogen and oxygen atoms in total. The van der Waals surface area contributed by atoms with Crippen molar-refractivity contribution >= 4 is 35.3 Å². The van der Waals surface area contributed by atoms with E-state index in [2.05, 4.69) is 11.9 Å². The summed E-state index contributed by atoms with van der Waals surface area (Å²) in [6, 6.07) is 9.72. The van der Waals surface area contributed by atoms with Crippen molar-refractivity contribution in [3.63, 3.8) is 0 Å². The molecule has 0 saturated heterocycles. The van der Waals surface area contributed by atoms with Crippen molar-refractivity contribution in [1.29, 1.82) is 0 Å². The van der Waals surface area contributed by atoms with Gasteiger partial charge in [-0.2, -0.15) is 0 Å². The molecule has 0 radical (unpaired) electrons. The SMILES string of the molecule is CCCCN(C(=O)c1csc(CN)n1)c1ccccc1.Cl. The number of thiazole rings is 1. The summed E-state index contributed by atoms with van der Waals surface area (Å²) in [5.74, 6) is -0.0550. The van der Waals surface area contributed by atoms with E-state index in [0.717, 1.165) is 23.5 Å². The van der Waals surface area contributed by atoms with E-state index in [0.29, 0.717) is 18.8 Å². The van der Waals surface area contributed by atoms with Crippen LogP contribution in [0.25, 0.3) is 0 Å². The van der Waals surface area contributed by atoms with Crippen LogP contribution in [0.4, 0.5) is 5.69 Å². The number of hydrogen-bond acceptors (Lipinski definition) is 4. The molecule has 0 bridgehead atoms. The Kier molecular flexibility index (Phi) is 7.36. The molecule has 1 heterocycles. The van der Waals surface area contributed by atoms with Crippen molar-refractivity contribution in [2.24, 2.45) is 5.73 Å². The summed E-state index contributed by atoms with van der Waals surface area (Å²) >= 11 is 1.43. The predicted molar refractivity (Wildman–Crippen MR) is 90.3 cm³/mol. The average Bonchev–Trinajstić information content (AvgIpc) is 2.97. The number of anilines is 1. The lowest BCUT2D eigenvalue weighted by Crippen LogP contribution is -2.32. The van der Waals surface area contributed by atoms with Crippen molar-refractivity contribution in [2.45, 2.75) is 26.3 Å². The highest BCUT2D eigenvalue weighted by molar-refractivity contribution is 7.09. The van der Waals surface area contributed by atoms with E-state index in [1.54, 1.807) is 10.3 Å². The minimum atomic E-state index is -0.0550. The fourth-order valence-corrected chi connectivity index (χ4v) is 2.56. The topological polar surface area (TPSA) is 59.2 Å². The number of rotatable bonds is 6. The van der Waals surface area contributed by atoms with E-state index in [1.807, 2.05) is 30.3 Å². The molecular formula is C15H20ClN3OS. The highest BCUT2D eigenvalue weighted by Gasteiger charge is 2.19. The van der Waals surface area contributed by atoms with Gasteiger partial charge in [0.1, 0.15) is 10.7 Å². The molecule has 1 aromatic carbocycles. The van der Waals surface area contributed by atoms with Crippen molar-refractivity contribution in [2.75, 3.05) is 11.4 Å². The third kappa shape index (κ3) is 4.52. The molecule has 0 aliphatic carbocycles. The van der Waals surface area contributed by atoms with E-state index in [1.165, 1.54) is 11.3 Å². The Morgan fingerprint density at radius 3 is 2.62 bits per heavy atom. The molecule has 0 saturated carbocycles. The summed E-state index contributed by atoms with van der Waals surface area (Å²) < 4.78 is 0. The zero-order valence-corrected chi connectivity index (χ0v) is 13.6. The van der Waals surface area contributed by atoms with Gasteiger partial charge < -0.3 is 10.6 Å². The summed E-state index contributed by atoms with van der Waals surface area (Å²) in [6.45, 7) is 3.19. The minimum Gasteiger partial charge on any atom is -0.325 e. The maximum absolute atomic E-state index is 12.6. The molecule has 2 rings (SSSR count). The number of nitrogens with zero attached hydrogens (tertiary/aromatic N) is 2. The Bertz CT molecular complexity index is 559. The van der Waals surface area contributed by atoms with Crippen LogP contribution in [0.5, 0.6) is 0 Å². The number of para-hydroxylation sites is 1. The zero-order valence-electron chi connectivity index (χ0n) is 12.0. The molecule has 0 fully saturated rings. The van der Waals surface area contributed by atoms with Gasteiger partial charge in [-0.3, -0.25) is 4.79 Å². The Hall–Kier alpha value is -1.43. The van der Waals surface area contributed by atoms with E-state index < -0.39 is 0 Å². The maximum atomic E-state index is 12.6. The number of aromatic nitrogens is 1. The number of hydrogen-bond donors (Lipinski definition) is 1. The van der Waals surface area contributed by atoms with Crippen molar-refractivity contribution in [1.82, 2.24) is 4.98 Å². The van der Waals surface area contributed by atoms with Gasteiger partial charge in [-0.05, 0) is 18.6 Å². The molecular weight excluding hydrogens is 306 g/mol. The van der Waals surface area contributed by atoms with Crippen LogP contribution in [0, 0.1) is 0 Å². The van der Waals surface area contributed by atoms with Crippen LogP contribution in [-0.4, -0.2) is 17.4 Å². The third-order valence-electron chi connectivity index (χ3n) is 2.99. The van der Waals surface area contributed by atoms with E-state index in [-0.39, 0.29) is 18.3 Å². The molecule has 1 amide bonds. The molecule has 21 heavy (non-hydrogen) atoms. The standard InChI is InChI=1S/C15H19N3OS.ClH/c1-2-3-9-18(12-7-5-4-6-8-12)15(19)13-11-20-14(10-16)17-13;/h4-8,11H,2-3,9-10,16H2,1H3;1H. The Morgan fingerprint density at radius 2 is 2.05 bits per heavy atom.